The Morgan fingerprint density at radius 2 is 2.00 bits per heavy atom. The summed E-state index contributed by atoms with van der Waals surface area (Å²) < 4.78 is 10.4. The first-order valence-corrected chi connectivity index (χ1v) is 6.99. The van der Waals surface area contributed by atoms with E-state index in [1.54, 1.807) is 11.8 Å². The fourth-order valence-electron chi connectivity index (χ4n) is 2.05. The minimum Gasteiger partial charge on any atom is -0.449 e. The third-order valence-corrected chi connectivity index (χ3v) is 3.33. The van der Waals surface area contributed by atoms with Gasteiger partial charge in [-0.15, -0.1) is 0 Å². The second kappa shape index (κ2) is 6.78. The van der Waals surface area contributed by atoms with Crippen molar-refractivity contribution in [3.8, 4) is 0 Å². The van der Waals surface area contributed by atoms with Gasteiger partial charge in [0.1, 0.15) is 0 Å². The molecule has 1 aliphatic rings. The molecule has 2 N–H and O–H groups in total. The molecule has 1 aromatic rings. The quantitative estimate of drug-likeness (QED) is 0.672. The van der Waals surface area contributed by atoms with Crippen LogP contribution in [0.25, 0.3) is 0 Å². The predicted molar refractivity (Wildman–Crippen MR) is 78.1 cm³/mol. The zero-order valence-corrected chi connectivity index (χ0v) is 12.4. The smallest absolute Gasteiger partial charge is 0.339 e. The van der Waals surface area contributed by atoms with E-state index in [9.17, 15) is 9.59 Å². The highest BCUT2D eigenvalue weighted by Crippen LogP contribution is 2.18. The van der Waals surface area contributed by atoms with E-state index in [1.807, 2.05) is 0 Å². The Kier molecular flexibility index (Phi) is 5.03. The molecule has 0 radical (unpaired) electrons. The molecular weight excluding hydrogens is 296 g/mol. The van der Waals surface area contributed by atoms with Crippen LogP contribution in [-0.4, -0.2) is 49.2 Å². The Bertz CT molecular complexity index is 524. The van der Waals surface area contributed by atoms with E-state index in [0.29, 0.717) is 37.0 Å². The first-order chi connectivity index (χ1) is 9.97. The lowest BCUT2D eigenvalue weighted by Crippen LogP contribution is -2.46. The molecule has 1 aromatic carbocycles. The summed E-state index contributed by atoms with van der Waals surface area (Å²) in [6.45, 7) is 3.55. The molecule has 7 heteroatoms. The van der Waals surface area contributed by atoms with E-state index in [2.05, 4.69) is 0 Å². The van der Waals surface area contributed by atoms with Crippen LogP contribution in [0.2, 0.25) is 5.02 Å². The van der Waals surface area contributed by atoms with Gasteiger partial charge in [0.25, 0.3) is 5.91 Å². The van der Waals surface area contributed by atoms with Gasteiger partial charge in [0.15, 0.2) is 6.10 Å². The van der Waals surface area contributed by atoms with Gasteiger partial charge in [-0.2, -0.15) is 0 Å². The number of rotatable bonds is 3. The standard InChI is InChI=1S/C14H17ClN2O4/c1-9(13(18)17-2-4-20-5-3-17)21-14(19)10-6-11(15)8-12(16)7-10/h6-9H,2-5,16H2,1H3. The van der Waals surface area contributed by atoms with Gasteiger partial charge >= 0.3 is 5.97 Å². The van der Waals surface area contributed by atoms with Gasteiger partial charge < -0.3 is 20.1 Å². The van der Waals surface area contributed by atoms with Gasteiger partial charge in [0.2, 0.25) is 0 Å². The van der Waals surface area contributed by atoms with Crippen LogP contribution in [0.3, 0.4) is 0 Å². The van der Waals surface area contributed by atoms with Crippen LogP contribution in [0.4, 0.5) is 5.69 Å². The minimum absolute atomic E-state index is 0.224. The number of hydrogen-bond acceptors (Lipinski definition) is 5. The highest BCUT2D eigenvalue weighted by Gasteiger charge is 2.25. The van der Waals surface area contributed by atoms with Crippen molar-refractivity contribution >= 4 is 29.2 Å². The first kappa shape index (κ1) is 15.6. The molecule has 1 fully saturated rings. The van der Waals surface area contributed by atoms with E-state index in [-0.39, 0.29) is 11.5 Å². The third-order valence-electron chi connectivity index (χ3n) is 3.11. The monoisotopic (exact) mass is 312 g/mol. The molecule has 21 heavy (non-hydrogen) atoms. The molecule has 1 saturated heterocycles. The van der Waals surface area contributed by atoms with Gasteiger partial charge in [0.05, 0.1) is 18.8 Å². The van der Waals surface area contributed by atoms with Gasteiger partial charge in [0, 0.05) is 23.8 Å². The average molecular weight is 313 g/mol. The molecule has 0 aliphatic carbocycles. The Morgan fingerprint density at radius 3 is 2.62 bits per heavy atom. The average Bonchev–Trinajstić information content (AvgIpc) is 2.46. The van der Waals surface area contributed by atoms with Crippen molar-refractivity contribution in [2.75, 3.05) is 32.0 Å². The number of carbonyl (C=O) groups is 2. The van der Waals surface area contributed by atoms with Crippen LogP contribution in [0.5, 0.6) is 0 Å². The summed E-state index contributed by atoms with van der Waals surface area (Å²) in [7, 11) is 0. The highest BCUT2D eigenvalue weighted by molar-refractivity contribution is 6.31. The largest absolute Gasteiger partial charge is 0.449 e. The van der Waals surface area contributed by atoms with Crippen molar-refractivity contribution in [2.45, 2.75) is 13.0 Å². The highest BCUT2D eigenvalue weighted by atomic mass is 35.5. The molecule has 2 rings (SSSR count). The van der Waals surface area contributed by atoms with E-state index in [1.165, 1.54) is 18.2 Å². The fraction of sp³-hybridized carbons (Fsp3) is 0.429. The van der Waals surface area contributed by atoms with Crippen LogP contribution in [0, 0.1) is 0 Å². The summed E-state index contributed by atoms with van der Waals surface area (Å²) >= 11 is 5.84. The summed E-state index contributed by atoms with van der Waals surface area (Å²) in [4.78, 5) is 25.8. The lowest BCUT2D eigenvalue weighted by atomic mass is 10.2. The number of morpholine rings is 1. The lowest BCUT2D eigenvalue weighted by Gasteiger charge is -2.28. The molecule has 6 nitrogen and oxygen atoms in total. The predicted octanol–water partition coefficient (Wildman–Crippen LogP) is 1.33. The van der Waals surface area contributed by atoms with Gasteiger partial charge in [-0.3, -0.25) is 4.79 Å². The molecule has 0 spiro atoms. The number of hydrogen-bond donors (Lipinski definition) is 1. The SMILES string of the molecule is CC(OC(=O)c1cc(N)cc(Cl)c1)C(=O)N1CCOCC1. The molecule has 1 unspecified atom stereocenters. The number of ether oxygens (including phenoxy) is 2. The molecule has 1 aliphatic heterocycles. The molecule has 0 saturated carbocycles. The van der Waals surface area contributed by atoms with Crippen molar-refractivity contribution < 1.29 is 19.1 Å². The van der Waals surface area contributed by atoms with Crippen molar-refractivity contribution in [2.24, 2.45) is 0 Å². The third kappa shape index (κ3) is 4.09. The van der Waals surface area contributed by atoms with Crippen LogP contribution < -0.4 is 5.73 Å². The summed E-state index contributed by atoms with van der Waals surface area (Å²) in [6.07, 6.45) is -0.865. The number of carbonyl (C=O) groups excluding carboxylic acids is 2. The number of amides is 1. The Labute approximate surface area is 127 Å². The summed E-state index contributed by atoms with van der Waals surface area (Å²) in [6, 6.07) is 4.44. The van der Waals surface area contributed by atoms with E-state index < -0.39 is 12.1 Å². The molecule has 1 atom stereocenters. The molecule has 1 amide bonds. The number of nitrogen functional groups attached to an aromatic ring is 1. The fourth-order valence-corrected chi connectivity index (χ4v) is 2.29. The molecule has 0 bridgehead atoms. The van der Waals surface area contributed by atoms with Crippen molar-refractivity contribution in [1.29, 1.82) is 0 Å². The number of esters is 1. The number of nitrogens with zero attached hydrogens (tertiary/aromatic N) is 1. The number of nitrogens with two attached hydrogens (primary N) is 1. The Hall–Kier alpha value is -1.79. The lowest BCUT2D eigenvalue weighted by molar-refractivity contribution is -0.143. The minimum atomic E-state index is -0.865. The normalized spacial score (nSPS) is 16.4. The maximum atomic E-state index is 12.1. The zero-order valence-electron chi connectivity index (χ0n) is 11.7. The van der Waals surface area contributed by atoms with Crippen LogP contribution >= 0.6 is 11.6 Å². The van der Waals surface area contributed by atoms with Gasteiger partial charge in [-0.1, -0.05) is 11.6 Å². The van der Waals surface area contributed by atoms with Crippen LogP contribution in [0.15, 0.2) is 18.2 Å². The van der Waals surface area contributed by atoms with Gasteiger partial charge in [-0.05, 0) is 25.1 Å². The molecule has 0 aromatic heterocycles. The van der Waals surface area contributed by atoms with E-state index in [0.717, 1.165) is 0 Å². The Morgan fingerprint density at radius 1 is 1.33 bits per heavy atom. The number of benzene rings is 1. The zero-order chi connectivity index (χ0) is 15.4. The first-order valence-electron chi connectivity index (χ1n) is 6.61. The summed E-state index contributed by atoms with van der Waals surface area (Å²) in [5.41, 5.74) is 6.21. The van der Waals surface area contributed by atoms with Crippen molar-refractivity contribution in [3.63, 3.8) is 0 Å². The molecule has 1 heterocycles. The van der Waals surface area contributed by atoms with Crippen molar-refractivity contribution in [1.82, 2.24) is 4.90 Å². The summed E-state index contributed by atoms with van der Waals surface area (Å²) in [5.74, 6) is -0.861. The second-order valence-corrected chi connectivity index (χ2v) is 5.19. The van der Waals surface area contributed by atoms with E-state index in [4.69, 9.17) is 26.8 Å². The maximum Gasteiger partial charge on any atom is 0.339 e. The maximum absolute atomic E-state index is 12.1. The topological polar surface area (TPSA) is 81.9 Å². The Balaban J connectivity index is 1.99. The number of halogens is 1. The second-order valence-electron chi connectivity index (χ2n) is 4.76. The number of anilines is 1. The van der Waals surface area contributed by atoms with Crippen LogP contribution in [0.1, 0.15) is 17.3 Å². The van der Waals surface area contributed by atoms with Gasteiger partial charge in [-0.25, -0.2) is 4.79 Å². The molecule has 114 valence electrons. The molecular formula is C14H17ClN2O4. The van der Waals surface area contributed by atoms with Crippen LogP contribution in [-0.2, 0) is 14.3 Å². The van der Waals surface area contributed by atoms with Crippen molar-refractivity contribution in [3.05, 3.63) is 28.8 Å². The summed E-state index contributed by atoms with van der Waals surface area (Å²) in [5, 5.41) is 0.342. The van der Waals surface area contributed by atoms with E-state index >= 15 is 0 Å².